The first-order chi connectivity index (χ1) is 12.1. The van der Waals surface area contributed by atoms with Gasteiger partial charge < -0.3 is 10.6 Å². The maximum absolute atomic E-state index is 12.7. The highest BCUT2D eigenvalue weighted by molar-refractivity contribution is 8.01. The second-order valence-corrected chi connectivity index (χ2v) is 9.79. The number of anilines is 1. The van der Waals surface area contributed by atoms with Crippen LogP contribution in [0.3, 0.4) is 0 Å². The van der Waals surface area contributed by atoms with Crippen molar-refractivity contribution in [2.75, 3.05) is 5.32 Å². The monoisotopic (exact) mass is 356 g/mol. The predicted octanol–water partition coefficient (Wildman–Crippen LogP) is 3.57. The lowest BCUT2D eigenvalue weighted by Crippen LogP contribution is -2.60. The normalized spacial score (nSPS) is 38.2. The molecule has 0 unspecified atom stereocenters. The predicted molar refractivity (Wildman–Crippen MR) is 98.4 cm³/mol. The van der Waals surface area contributed by atoms with Gasteiger partial charge in [-0.15, -0.1) is 11.8 Å². The van der Waals surface area contributed by atoms with E-state index in [1.165, 1.54) is 31.0 Å². The molecule has 2 amide bonds. The number of para-hydroxylation sites is 1. The lowest BCUT2D eigenvalue weighted by atomic mass is 9.53. The Balaban J connectivity index is 1.26. The van der Waals surface area contributed by atoms with Gasteiger partial charge in [0, 0.05) is 16.9 Å². The lowest BCUT2D eigenvalue weighted by molar-refractivity contribution is -0.128. The molecule has 4 nitrogen and oxygen atoms in total. The van der Waals surface area contributed by atoms with E-state index in [1.807, 2.05) is 24.3 Å². The zero-order valence-corrected chi connectivity index (χ0v) is 15.1. The standard InChI is InChI=1S/C20H24N2O2S/c23-18(8-17-19(24)21-15-3-1-2-4-16(15)25-17)22-20-9-12-5-13(10-20)7-14(6-12)11-20/h1-4,12-14,17H,5-11H2,(H,21,24)(H,22,23)/t12?,13?,14?,17-,20?/m0/s1. The van der Waals surface area contributed by atoms with Crippen molar-refractivity contribution in [3.05, 3.63) is 24.3 Å². The molecule has 132 valence electrons. The van der Waals surface area contributed by atoms with Crippen LogP contribution >= 0.6 is 11.8 Å². The summed E-state index contributed by atoms with van der Waals surface area (Å²) in [5, 5.41) is 5.99. The van der Waals surface area contributed by atoms with Crippen molar-refractivity contribution in [3.63, 3.8) is 0 Å². The van der Waals surface area contributed by atoms with Crippen molar-refractivity contribution >= 4 is 29.3 Å². The lowest BCUT2D eigenvalue weighted by Gasteiger charge is -2.57. The average Bonchev–Trinajstić information content (AvgIpc) is 2.53. The number of fused-ring (bicyclic) bond motifs is 1. The molecule has 5 heteroatoms. The minimum atomic E-state index is -0.330. The van der Waals surface area contributed by atoms with Gasteiger partial charge in [0.05, 0.1) is 10.9 Å². The van der Waals surface area contributed by atoms with E-state index in [-0.39, 0.29) is 29.0 Å². The Hall–Kier alpha value is -1.49. The van der Waals surface area contributed by atoms with Crippen molar-refractivity contribution in [3.8, 4) is 0 Å². The molecule has 1 aliphatic heterocycles. The van der Waals surface area contributed by atoms with Crippen LogP contribution in [-0.4, -0.2) is 22.6 Å². The number of carbonyl (C=O) groups excluding carboxylic acids is 2. The molecule has 4 fully saturated rings. The van der Waals surface area contributed by atoms with E-state index in [1.54, 1.807) is 0 Å². The van der Waals surface area contributed by atoms with E-state index in [2.05, 4.69) is 10.6 Å². The summed E-state index contributed by atoms with van der Waals surface area (Å²) in [5.74, 6) is 2.43. The van der Waals surface area contributed by atoms with E-state index >= 15 is 0 Å². The van der Waals surface area contributed by atoms with Crippen LogP contribution < -0.4 is 10.6 Å². The van der Waals surface area contributed by atoms with Gasteiger partial charge in [0.15, 0.2) is 0 Å². The number of hydrogen-bond acceptors (Lipinski definition) is 3. The van der Waals surface area contributed by atoms with Crippen LogP contribution in [0.5, 0.6) is 0 Å². The van der Waals surface area contributed by atoms with Crippen molar-refractivity contribution < 1.29 is 9.59 Å². The molecule has 0 spiro atoms. The highest BCUT2D eigenvalue weighted by Crippen LogP contribution is 2.55. The Bertz CT molecular complexity index is 697. The van der Waals surface area contributed by atoms with Gasteiger partial charge in [-0.3, -0.25) is 9.59 Å². The molecule has 1 aromatic rings. The molecule has 25 heavy (non-hydrogen) atoms. The minimum Gasteiger partial charge on any atom is -0.351 e. The largest absolute Gasteiger partial charge is 0.351 e. The number of amides is 2. The summed E-state index contributed by atoms with van der Waals surface area (Å²) in [6.45, 7) is 0. The third-order valence-corrected chi connectivity index (χ3v) is 7.80. The number of hydrogen-bond donors (Lipinski definition) is 2. The van der Waals surface area contributed by atoms with Gasteiger partial charge in [0.25, 0.3) is 0 Å². The van der Waals surface area contributed by atoms with E-state index in [0.717, 1.165) is 47.6 Å². The Morgan fingerprint density at radius 1 is 1.12 bits per heavy atom. The Morgan fingerprint density at radius 3 is 2.44 bits per heavy atom. The van der Waals surface area contributed by atoms with Gasteiger partial charge in [-0.2, -0.15) is 0 Å². The van der Waals surface area contributed by atoms with E-state index in [9.17, 15) is 9.59 Å². The number of thioether (sulfide) groups is 1. The van der Waals surface area contributed by atoms with Gasteiger partial charge in [-0.1, -0.05) is 12.1 Å². The van der Waals surface area contributed by atoms with Crippen molar-refractivity contribution in [2.45, 2.75) is 60.6 Å². The third-order valence-electron chi connectivity index (χ3n) is 6.52. The van der Waals surface area contributed by atoms with Gasteiger partial charge in [0.1, 0.15) is 0 Å². The topological polar surface area (TPSA) is 58.2 Å². The summed E-state index contributed by atoms with van der Waals surface area (Å²) in [5.41, 5.74) is 0.884. The summed E-state index contributed by atoms with van der Waals surface area (Å²) in [4.78, 5) is 26.1. The molecular weight excluding hydrogens is 332 g/mol. The van der Waals surface area contributed by atoms with Crippen molar-refractivity contribution in [2.24, 2.45) is 17.8 Å². The molecule has 0 saturated heterocycles. The molecule has 0 aromatic heterocycles. The molecule has 1 atom stereocenters. The Kier molecular flexibility index (Phi) is 3.63. The number of rotatable bonds is 3. The van der Waals surface area contributed by atoms with Gasteiger partial charge in [-0.25, -0.2) is 0 Å². The second-order valence-electron chi connectivity index (χ2n) is 8.54. The van der Waals surface area contributed by atoms with E-state index in [4.69, 9.17) is 0 Å². The number of carbonyl (C=O) groups is 2. The molecule has 1 heterocycles. The van der Waals surface area contributed by atoms with Crippen LogP contribution in [0.15, 0.2) is 29.2 Å². The number of benzene rings is 1. The van der Waals surface area contributed by atoms with Gasteiger partial charge in [-0.05, 0) is 68.4 Å². The first-order valence-electron chi connectivity index (χ1n) is 9.46. The molecule has 4 saturated carbocycles. The first-order valence-corrected chi connectivity index (χ1v) is 10.3. The van der Waals surface area contributed by atoms with Crippen LogP contribution in [0.25, 0.3) is 0 Å². The van der Waals surface area contributed by atoms with Crippen molar-refractivity contribution in [1.29, 1.82) is 0 Å². The zero-order chi connectivity index (χ0) is 17.0. The molecule has 5 aliphatic rings. The fourth-order valence-electron chi connectivity index (χ4n) is 6.01. The van der Waals surface area contributed by atoms with Crippen LogP contribution in [0.4, 0.5) is 5.69 Å². The summed E-state index contributed by atoms with van der Waals surface area (Å²) in [6, 6.07) is 7.80. The SMILES string of the molecule is O=C(C[C@@H]1Sc2ccccc2NC1=O)NC12CC3CC(CC(C3)C1)C2. The summed E-state index contributed by atoms with van der Waals surface area (Å²) in [6.07, 6.45) is 7.83. The fraction of sp³-hybridized carbons (Fsp3) is 0.600. The smallest absolute Gasteiger partial charge is 0.238 e. The molecule has 1 aromatic carbocycles. The van der Waals surface area contributed by atoms with Gasteiger partial charge >= 0.3 is 0 Å². The fourth-order valence-corrected chi connectivity index (χ4v) is 7.12. The molecule has 4 aliphatic carbocycles. The van der Waals surface area contributed by atoms with Crippen LogP contribution in [0.1, 0.15) is 44.9 Å². The molecule has 4 bridgehead atoms. The average molecular weight is 356 g/mol. The molecule has 6 rings (SSSR count). The van der Waals surface area contributed by atoms with Crippen LogP contribution in [-0.2, 0) is 9.59 Å². The third kappa shape index (κ3) is 2.86. The van der Waals surface area contributed by atoms with Crippen LogP contribution in [0, 0.1) is 17.8 Å². The zero-order valence-electron chi connectivity index (χ0n) is 14.3. The van der Waals surface area contributed by atoms with Gasteiger partial charge in [0.2, 0.25) is 11.8 Å². The number of nitrogens with one attached hydrogen (secondary N) is 2. The van der Waals surface area contributed by atoms with Crippen LogP contribution in [0.2, 0.25) is 0 Å². The summed E-state index contributed by atoms with van der Waals surface area (Å²) < 4.78 is 0. The molecule has 0 radical (unpaired) electrons. The molecular formula is C20H24N2O2S. The minimum absolute atomic E-state index is 0.0273. The summed E-state index contributed by atoms with van der Waals surface area (Å²) in [7, 11) is 0. The molecule has 2 N–H and O–H groups in total. The summed E-state index contributed by atoms with van der Waals surface area (Å²) >= 11 is 1.51. The quantitative estimate of drug-likeness (QED) is 0.870. The van der Waals surface area contributed by atoms with Crippen molar-refractivity contribution in [1.82, 2.24) is 5.32 Å². The maximum Gasteiger partial charge on any atom is 0.238 e. The second kappa shape index (κ2) is 5.76. The van der Waals surface area contributed by atoms with E-state index < -0.39 is 0 Å². The highest BCUT2D eigenvalue weighted by Gasteiger charge is 2.51. The maximum atomic E-state index is 12.7. The Morgan fingerprint density at radius 2 is 1.76 bits per heavy atom. The Labute approximate surface area is 152 Å². The first kappa shape index (κ1) is 15.7. The highest BCUT2D eigenvalue weighted by atomic mass is 32.2. The van der Waals surface area contributed by atoms with E-state index in [0.29, 0.717) is 0 Å².